The molecule has 0 aliphatic carbocycles. The molecule has 136 valence electrons. The predicted octanol–water partition coefficient (Wildman–Crippen LogP) is -5.40. The summed E-state index contributed by atoms with van der Waals surface area (Å²) in [7, 11) is 0. The predicted molar refractivity (Wildman–Crippen MR) is 68.6 cm³/mol. The molecule has 8 N–H and O–H groups in total. The first-order valence-corrected chi connectivity index (χ1v) is 7.04. The maximum atomic E-state index is 10.1. The van der Waals surface area contributed by atoms with Gasteiger partial charge in [-0.3, -0.25) is 0 Å². The number of hydrogen-bond acceptors (Lipinski definition) is 11. The van der Waals surface area contributed by atoms with Gasteiger partial charge in [0.15, 0.2) is 6.29 Å². The molecule has 0 bridgehead atoms. The third-order valence-electron chi connectivity index (χ3n) is 4.00. The van der Waals surface area contributed by atoms with Crippen LogP contribution in [0.1, 0.15) is 0 Å². The van der Waals surface area contributed by atoms with Gasteiger partial charge < -0.3 is 55.1 Å². The first-order valence-electron chi connectivity index (χ1n) is 7.04. The van der Waals surface area contributed by atoms with E-state index >= 15 is 0 Å². The van der Waals surface area contributed by atoms with E-state index in [1.807, 2.05) is 0 Å². The Bertz CT molecular complexity index is 393. The van der Waals surface area contributed by atoms with E-state index in [1.165, 1.54) is 0 Å². The molecule has 0 aromatic rings. The van der Waals surface area contributed by atoms with Gasteiger partial charge in [-0.05, 0) is 0 Å². The van der Waals surface area contributed by atoms with Gasteiger partial charge in [-0.1, -0.05) is 0 Å². The zero-order chi connectivity index (χ0) is 17.4. The normalized spacial score (nSPS) is 51.1. The summed E-state index contributed by atoms with van der Waals surface area (Å²) in [4.78, 5) is 0. The third-order valence-corrected chi connectivity index (χ3v) is 4.00. The Labute approximate surface area is 130 Å². The van der Waals surface area contributed by atoms with Crippen molar-refractivity contribution >= 4 is 0 Å². The second-order valence-electron chi connectivity index (χ2n) is 5.63. The van der Waals surface area contributed by atoms with Gasteiger partial charge in [0.1, 0.15) is 49.3 Å². The summed E-state index contributed by atoms with van der Waals surface area (Å²) >= 11 is 0. The van der Waals surface area contributed by atoms with Crippen LogP contribution >= 0.6 is 0 Å². The lowest BCUT2D eigenvalue weighted by Gasteiger charge is -2.40. The van der Waals surface area contributed by atoms with Gasteiger partial charge in [-0.15, -0.1) is 0 Å². The molecule has 0 radical (unpaired) electrons. The zero-order valence-corrected chi connectivity index (χ0v) is 12.0. The second-order valence-corrected chi connectivity index (χ2v) is 5.63. The molecule has 2 saturated heterocycles. The van der Waals surface area contributed by atoms with Crippen molar-refractivity contribution in [3.05, 3.63) is 0 Å². The zero-order valence-electron chi connectivity index (χ0n) is 12.0. The SMILES string of the molecule is OC[C@@H]1O[C@@H](OC[C@]2(O)O[C@@H](CO)[C@H](O)[C@H]2O)[C@@H](O)[C@H](O)[C@H]1O. The number of ether oxygens (including phenoxy) is 3. The summed E-state index contributed by atoms with van der Waals surface area (Å²) in [5.41, 5.74) is 0. The average molecular weight is 342 g/mol. The van der Waals surface area contributed by atoms with Gasteiger partial charge in [0.2, 0.25) is 5.79 Å². The number of aliphatic hydroxyl groups is 8. The second kappa shape index (κ2) is 7.21. The summed E-state index contributed by atoms with van der Waals surface area (Å²) in [5, 5.41) is 76.5. The lowest BCUT2D eigenvalue weighted by molar-refractivity contribution is -0.332. The molecule has 0 aromatic heterocycles. The molecule has 0 unspecified atom stereocenters. The van der Waals surface area contributed by atoms with Gasteiger partial charge in [0.05, 0.1) is 13.2 Å². The van der Waals surface area contributed by atoms with Crippen LogP contribution in [0.2, 0.25) is 0 Å². The molecular weight excluding hydrogens is 320 g/mol. The fourth-order valence-corrected chi connectivity index (χ4v) is 2.54. The average Bonchev–Trinajstić information content (AvgIpc) is 2.76. The van der Waals surface area contributed by atoms with Crippen LogP contribution in [0.25, 0.3) is 0 Å². The molecule has 11 nitrogen and oxygen atoms in total. The summed E-state index contributed by atoms with van der Waals surface area (Å²) in [5.74, 6) is -2.37. The fourth-order valence-electron chi connectivity index (χ4n) is 2.54. The molecule has 2 heterocycles. The molecule has 2 aliphatic rings. The van der Waals surface area contributed by atoms with Crippen molar-refractivity contribution in [2.24, 2.45) is 0 Å². The highest BCUT2D eigenvalue weighted by Crippen LogP contribution is 2.31. The number of aliphatic hydroxyl groups excluding tert-OH is 7. The molecule has 0 amide bonds. The molecule has 9 atom stereocenters. The van der Waals surface area contributed by atoms with Crippen LogP contribution in [-0.2, 0) is 14.2 Å². The molecule has 2 rings (SSSR count). The minimum atomic E-state index is -2.37. The first-order chi connectivity index (χ1) is 10.7. The number of hydrogen-bond donors (Lipinski definition) is 8. The van der Waals surface area contributed by atoms with Crippen molar-refractivity contribution in [2.75, 3.05) is 19.8 Å². The van der Waals surface area contributed by atoms with Gasteiger partial charge in [0, 0.05) is 0 Å². The van der Waals surface area contributed by atoms with Crippen molar-refractivity contribution in [1.82, 2.24) is 0 Å². The minimum Gasteiger partial charge on any atom is -0.394 e. The molecule has 0 spiro atoms. The third kappa shape index (κ3) is 3.50. The van der Waals surface area contributed by atoms with Crippen LogP contribution in [0.4, 0.5) is 0 Å². The van der Waals surface area contributed by atoms with Crippen LogP contribution in [0.15, 0.2) is 0 Å². The van der Waals surface area contributed by atoms with Crippen molar-refractivity contribution in [3.63, 3.8) is 0 Å². The lowest BCUT2D eigenvalue weighted by atomic mass is 9.99. The summed E-state index contributed by atoms with van der Waals surface area (Å²) < 4.78 is 15.1. The molecule has 2 fully saturated rings. The minimum absolute atomic E-state index is 0.652. The molecule has 11 heteroatoms. The quantitative estimate of drug-likeness (QED) is 0.238. The first kappa shape index (κ1) is 18.9. The maximum absolute atomic E-state index is 10.1. The highest BCUT2D eigenvalue weighted by atomic mass is 16.7. The highest BCUT2D eigenvalue weighted by Gasteiger charge is 2.54. The van der Waals surface area contributed by atoms with Crippen LogP contribution in [0.5, 0.6) is 0 Å². The van der Waals surface area contributed by atoms with E-state index in [-0.39, 0.29) is 0 Å². The Morgan fingerprint density at radius 1 is 0.826 bits per heavy atom. The Hall–Kier alpha value is -0.440. The maximum Gasteiger partial charge on any atom is 0.219 e. The van der Waals surface area contributed by atoms with Crippen molar-refractivity contribution in [1.29, 1.82) is 0 Å². The summed E-state index contributed by atoms with van der Waals surface area (Å²) in [6, 6.07) is 0. The van der Waals surface area contributed by atoms with E-state index in [0.29, 0.717) is 0 Å². The topological polar surface area (TPSA) is 190 Å². The molecular formula is C12H22O11. The van der Waals surface area contributed by atoms with Gasteiger partial charge in [-0.2, -0.15) is 0 Å². The van der Waals surface area contributed by atoms with E-state index in [0.717, 1.165) is 0 Å². The van der Waals surface area contributed by atoms with Crippen molar-refractivity contribution < 1.29 is 55.1 Å². The van der Waals surface area contributed by atoms with Crippen LogP contribution < -0.4 is 0 Å². The molecule has 23 heavy (non-hydrogen) atoms. The monoisotopic (exact) mass is 342 g/mol. The lowest BCUT2D eigenvalue weighted by Crippen LogP contribution is -2.60. The Morgan fingerprint density at radius 2 is 1.43 bits per heavy atom. The molecule has 2 aliphatic heterocycles. The Morgan fingerprint density at radius 3 is 1.96 bits per heavy atom. The Balaban J connectivity index is 1.99. The van der Waals surface area contributed by atoms with Crippen LogP contribution in [0.3, 0.4) is 0 Å². The molecule has 0 saturated carbocycles. The van der Waals surface area contributed by atoms with Crippen molar-refractivity contribution in [2.45, 2.75) is 54.8 Å². The van der Waals surface area contributed by atoms with Crippen LogP contribution in [-0.4, -0.2) is 115 Å². The van der Waals surface area contributed by atoms with Gasteiger partial charge in [0.25, 0.3) is 0 Å². The summed E-state index contributed by atoms with van der Waals surface area (Å²) in [6.45, 7) is -2.08. The fraction of sp³-hybridized carbons (Fsp3) is 1.00. The molecule has 0 aromatic carbocycles. The highest BCUT2D eigenvalue weighted by molar-refractivity contribution is 4.96. The van der Waals surface area contributed by atoms with E-state index in [2.05, 4.69) is 0 Å². The van der Waals surface area contributed by atoms with Gasteiger partial charge >= 0.3 is 0 Å². The number of rotatable bonds is 5. The summed E-state index contributed by atoms with van der Waals surface area (Å²) in [6.07, 6.45) is -12.2. The van der Waals surface area contributed by atoms with Crippen LogP contribution in [0, 0.1) is 0 Å². The Kier molecular flexibility index (Phi) is 5.92. The largest absolute Gasteiger partial charge is 0.394 e. The van der Waals surface area contributed by atoms with Gasteiger partial charge in [-0.25, -0.2) is 0 Å². The van der Waals surface area contributed by atoms with E-state index in [1.54, 1.807) is 0 Å². The van der Waals surface area contributed by atoms with Crippen molar-refractivity contribution in [3.8, 4) is 0 Å². The standard InChI is InChI=1S/C12H22O11/c13-1-4-6(15)8(17)9(18)11(22-4)21-3-12(20)10(19)7(16)5(2-14)23-12/h4-11,13-20H,1-3H2/t4-,5-,6-,7-,8+,9-,10+,11+,12-/m0/s1. The van der Waals surface area contributed by atoms with E-state index in [4.69, 9.17) is 24.4 Å². The smallest absolute Gasteiger partial charge is 0.219 e. The van der Waals surface area contributed by atoms with E-state index in [9.17, 15) is 30.6 Å². The van der Waals surface area contributed by atoms with E-state index < -0.39 is 74.6 Å².